The fourth-order valence-corrected chi connectivity index (χ4v) is 4.59. The van der Waals surface area contributed by atoms with Gasteiger partial charge in [0.25, 0.3) is 5.91 Å². The van der Waals surface area contributed by atoms with Crippen LogP contribution in [0, 0.1) is 13.8 Å². The molecule has 1 aliphatic rings. The molecule has 1 amide bonds. The predicted octanol–water partition coefficient (Wildman–Crippen LogP) is 3.85. The first-order valence-corrected chi connectivity index (χ1v) is 11.4. The second kappa shape index (κ2) is 9.72. The Bertz CT molecular complexity index is 1040. The van der Waals surface area contributed by atoms with Crippen molar-refractivity contribution in [3.05, 3.63) is 46.7 Å². The van der Waals surface area contributed by atoms with Crippen molar-refractivity contribution in [2.45, 2.75) is 39.3 Å². The number of methoxy groups -OCH3 is 1. The van der Waals surface area contributed by atoms with E-state index in [4.69, 9.17) is 14.5 Å². The topological polar surface area (TPSA) is 78.3 Å². The van der Waals surface area contributed by atoms with Crippen LogP contribution in [-0.4, -0.2) is 53.4 Å². The van der Waals surface area contributed by atoms with Gasteiger partial charge in [0.05, 0.1) is 29.7 Å². The number of aryl methyl sites for hydroxylation is 1. The number of hydrogen-bond donors (Lipinski definition) is 1. The maximum atomic E-state index is 12.9. The number of nitrogens with zero attached hydrogens (tertiary/aromatic N) is 3. The van der Waals surface area contributed by atoms with Crippen LogP contribution in [0.1, 0.15) is 34.6 Å². The summed E-state index contributed by atoms with van der Waals surface area (Å²) in [5.74, 6) is -0.0800. The van der Waals surface area contributed by atoms with E-state index in [9.17, 15) is 4.79 Å². The van der Waals surface area contributed by atoms with Gasteiger partial charge in [-0.25, -0.2) is 4.98 Å². The van der Waals surface area contributed by atoms with Gasteiger partial charge in [-0.15, -0.1) is 11.3 Å². The zero-order valence-electron chi connectivity index (χ0n) is 18.2. The second-order valence-corrected chi connectivity index (χ2v) is 8.60. The third kappa shape index (κ3) is 4.87. The fraction of sp³-hybridized carbons (Fsp3) is 0.435. The van der Waals surface area contributed by atoms with Gasteiger partial charge in [0, 0.05) is 55.3 Å². The van der Waals surface area contributed by atoms with E-state index in [1.165, 1.54) is 0 Å². The van der Waals surface area contributed by atoms with Crippen LogP contribution in [0.3, 0.4) is 0 Å². The van der Waals surface area contributed by atoms with E-state index in [1.54, 1.807) is 18.4 Å². The third-order valence-electron chi connectivity index (χ3n) is 5.57. The summed E-state index contributed by atoms with van der Waals surface area (Å²) in [5.41, 5.74) is 5.29. The lowest BCUT2D eigenvalue weighted by atomic mass is 10.2. The number of pyridine rings is 1. The van der Waals surface area contributed by atoms with E-state index < -0.39 is 0 Å². The Morgan fingerprint density at radius 2 is 2.26 bits per heavy atom. The van der Waals surface area contributed by atoms with Gasteiger partial charge in [0.1, 0.15) is 5.01 Å². The molecule has 4 rings (SSSR count). The van der Waals surface area contributed by atoms with Gasteiger partial charge in [-0.3, -0.25) is 9.78 Å². The van der Waals surface area contributed by atoms with Crippen molar-refractivity contribution in [1.82, 2.24) is 19.9 Å². The molecule has 31 heavy (non-hydrogen) atoms. The average Bonchev–Trinajstić information content (AvgIpc) is 3.52. The van der Waals surface area contributed by atoms with Gasteiger partial charge in [-0.2, -0.15) is 0 Å². The number of amides is 1. The molecule has 0 spiro atoms. The first-order chi connectivity index (χ1) is 15.1. The molecule has 1 saturated heterocycles. The molecule has 1 fully saturated rings. The molecule has 4 heterocycles. The number of carbonyl (C=O) groups is 1. The van der Waals surface area contributed by atoms with E-state index in [2.05, 4.69) is 14.9 Å². The molecule has 1 atom stereocenters. The monoisotopic (exact) mass is 440 g/mol. The van der Waals surface area contributed by atoms with Crippen LogP contribution in [0.4, 0.5) is 0 Å². The van der Waals surface area contributed by atoms with Gasteiger partial charge >= 0.3 is 0 Å². The summed E-state index contributed by atoms with van der Waals surface area (Å²) < 4.78 is 13.0. The first kappa shape index (κ1) is 21.7. The molecule has 1 unspecified atom stereocenters. The average molecular weight is 441 g/mol. The largest absolute Gasteiger partial charge is 0.383 e. The second-order valence-electron chi connectivity index (χ2n) is 7.74. The minimum atomic E-state index is -0.0800. The molecule has 1 N–H and O–H groups in total. The maximum Gasteiger partial charge on any atom is 0.253 e. The van der Waals surface area contributed by atoms with Crippen molar-refractivity contribution in [2.75, 3.05) is 26.9 Å². The lowest BCUT2D eigenvalue weighted by Gasteiger charge is -2.12. The summed E-state index contributed by atoms with van der Waals surface area (Å²) in [4.78, 5) is 22.1. The van der Waals surface area contributed by atoms with Crippen molar-refractivity contribution < 1.29 is 14.3 Å². The van der Waals surface area contributed by atoms with Crippen LogP contribution in [-0.2, 0) is 16.0 Å². The van der Waals surface area contributed by atoms with Crippen molar-refractivity contribution >= 4 is 17.2 Å². The van der Waals surface area contributed by atoms with E-state index in [-0.39, 0.29) is 12.0 Å². The van der Waals surface area contributed by atoms with Gasteiger partial charge in [0.15, 0.2) is 0 Å². The molecule has 0 aromatic carbocycles. The number of nitrogens with one attached hydrogen (secondary N) is 1. The zero-order chi connectivity index (χ0) is 21.8. The third-order valence-corrected chi connectivity index (χ3v) is 6.46. The minimum Gasteiger partial charge on any atom is -0.383 e. The number of ether oxygens (including phenoxy) is 2. The standard InChI is InChI=1S/C23H28N4O3S/c1-15-6-7-17(12-24-15)23-26-20(14-31-23)21-11-19(16(2)27(21)8-10-29-3)22(28)25-13-18-5-4-9-30-18/h6-7,11-12,14,18H,4-5,8-10,13H2,1-3H3,(H,25,28). The van der Waals surface area contributed by atoms with Crippen molar-refractivity contribution in [3.63, 3.8) is 0 Å². The van der Waals surface area contributed by atoms with Gasteiger partial charge in [-0.05, 0) is 44.9 Å². The highest BCUT2D eigenvalue weighted by atomic mass is 32.1. The molecule has 1 aliphatic heterocycles. The Morgan fingerprint density at radius 1 is 1.39 bits per heavy atom. The quantitative estimate of drug-likeness (QED) is 0.576. The minimum absolute atomic E-state index is 0.0800. The molecule has 8 heteroatoms. The van der Waals surface area contributed by atoms with Crippen LogP contribution in [0.5, 0.6) is 0 Å². The number of rotatable bonds is 8. The highest BCUT2D eigenvalue weighted by Crippen LogP contribution is 2.31. The fourth-order valence-electron chi connectivity index (χ4n) is 3.78. The summed E-state index contributed by atoms with van der Waals surface area (Å²) in [6.07, 6.45) is 4.01. The van der Waals surface area contributed by atoms with E-state index >= 15 is 0 Å². The Hall–Kier alpha value is -2.55. The van der Waals surface area contributed by atoms with Crippen molar-refractivity contribution in [3.8, 4) is 22.0 Å². The molecule has 0 aliphatic carbocycles. The smallest absolute Gasteiger partial charge is 0.253 e. The number of thiazole rings is 1. The summed E-state index contributed by atoms with van der Waals surface area (Å²) in [6.45, 7) is 6.46. The molecule has 7 nitrogen and oxygen atoms in total. The Balaban J connectivity index is 1.61. The zero-order valence-corrected chi connectivity index (χ0v) is 19.0. The Labute approximate surface area is 186 Å². The van der Waals surface area contributed by atoms with Crippen molar-refractivity contribution in [2.24, 2.45) is 0 Å². The Morgan fingerprint density at radius 3 is 2.97 bits per heavy atom. The molecule has 3 aromatic rings. The molecule has 3 aromatic heterocycles. The highest BCUT2D eigenvalue weighted by molar-refractivity contribution is 7.13. The van der Waals surface area contributed by atoms with Gasteiger partial charge in [-0.1, -0.05) is 0 Å². The Kier molecular flexibility index (Phi) is 6.80. The van der Waals surface area contributed by atoms with Gasteiger partial charge in [0.2, 0.25) is 0 Å². The van der Waals surface area contributed by atoms with Crippen LogP contribution in [0.15, 0.2) is 29.8 Å². The summed E-state index contributed by atoms with van der Waals surface area (Å²) in [7, 11) is 1.68. The lowest BCUT2D eigenvalue weighted by molar-refractivity contribution is 0.0857. The SMILES string of the molecule is COCCn1c(-c2csc(-c3ccc(C)nc3)n2)cc(C(=O)NCC2CCCO2)c1C. The highest BCUT2D eigenvalue weighted by Gasteiger charge is 2.22. The van der Waals surface area contributed by atoms with Crippen LogP contribution in [0.25, 0.3) is 22.0 Å². The summed E-state index contributed by atoms with van der Waals surface area (Å²) in [5, 5.41) is 5.97. The molecule has 0 radical (unpaired) electrons. The lowest BCUT2D eigenvalue weighted by Crippen LogP contribution is -2.32. The van der Waals surface area contributed by atoms with Crippen molar-refractivity contribution in [1.29, 1.82) is 0 Å². The summed E-state index contributed by atoms with van der Waals surface area (Å²) >= 11 is 1.57. The number of carbonyl (C=O) groups excluding carboxylic acids is 1. The first-order valence-electron chi connectivity index (χ1n) is 10.5. The van der Waals surface area contributed by atoms with E-state index in [0.717, 1.165) is 52.8 Å². The molecule has 0 saturated carbocycles. The van der Waals surface area contributed by atoms with Gasteiger partial charge < -0.3 is 19.4 Å². The predicted molar refractivity (Wildman–Crippen MR) is 121 cm³/mol. The van der Waals surface area contributed by atoms with Crippen LogP contribution in [0.2, 0.25) is 0 Å². The molecule has 0 bridgehead atoms. The van der Waals surface area contributed by atoms with Crippen LogP contribution < -0.4 is 5.32 Å². The normalized spacial score (nSPS) is 16.0. The summed E-state index contributed by atoms with van der Waals surface area (Å²) in [6, 6.07) is 5.95. The maximum absolute atomic E-state index is 12.9. The molecular weight excluding hydrogens is 412 g/mol. The van der Waals surface area contributed by atoms with E-state index in [1.807, 2.05) is 43.6 Å². The molecule has 164 valence electrons. The van der Waals surface area contributed by atoms with Crippen LogP contribution >= 0.6 is 11.3 Å². The molecular formula is C23H28N4O3S. The van der Waals surface area contributed by atoms with E-state index in [0.29, 0.717) is 25.3 Å². The number of hydrogen-bond acceptors (Lipinski definition) is 6. The number of aromatic nitrogens is 3.